The molecule has 0 radical (unpaired) electrons. The van der Waals surface area contributed by atoms with Gasteiger partial charge in [0.2, 0.25) is 5.69 Å². The van der Waals surface area contributed by atoms with E-state index in [1.807, 2.05) is 6.92 Å². The Morgan fingerprint density at radius 3 is 1.96 bits per heavy atom. The van der Waals surface area contributed by atoms with Crippen LogP contribution in [0.4, 0.5) is 35.9 Å². The van der Waals surface area contributed by atoms with Gasteiger partial charge in [0.25, 0.3) is 0 Å². The van der Waals surface area contributed by atoms with E-state index in [1.165, 1.54) is 0 Å². The predicted molar refractivity (Wildman–Crippen MR) is 98.9 cm³/mol. The van der Waals surface area contributed by atoms with Gasteiger partial charge in [0, 0.05) is 17.8 Å². The van der Waals surface area contributed by atoms with Gasteiger partial charge in [-0.05, 0) is 31.3 Å². The zero-order valence-corrected chi connectivity index (χ0v) is 14.9. The molecule has 0 saturated heterocycles. The van der Waals surface area contributed by atoms with Gasteiger partial charge in [-0.3, -0.25) is 31.1 Å². The summed E-state index contributed by atoms with van der Waals surface area (Å²) in [6.45, 7) is 1.87. The quantitative estimate of drug-likeness (QED) is 0.378. The molecule has 0 bridgehead atoms. The van der Waals surface area contributed by atoms with Gasteiger partial charge < -0.3 is 5.32 Å². The van der Waals surface area contributed by atoms with Crippen LogP contribution in [0.3, 0.4) is 0 Å². The third kappa shape index (κ3) is 5.03. The van der Waals surface area contributed by atoms with Gasteiger partial charge in [0.1, 0.15) is 0 Å². The molecule has 0 unspecified atom stereocenters. The molecule has 28 heavy (non-hydrogen) atoms. The number of nitrogens with zero attached hydrogens (tertiary/aromatic N) is 2. The van der Waals surface area contributed by atoms with Crippen molar-refractivity contribution in [3.63, 3.8) is 0 Å². The molecule has 0 aliphatic heterocycles. The van der Waals surface area contributed by atoms with Crippen LogP contribution in [-0.4, -0.2) is 15.0 Å². The maximum Gasteiger partial charge on any atom is 0.416 e. The molecule has 0 atom stereocenters. The normalized spacial score (nSPS) is 10.9. The second-order valence-corrected chi connectivity index (χ2v) is 5.88. The van der Waals surface area contributed by atoms with Gasteiger partial charge in [-0.25, -0.2) is 0 Å². The number of hydrazine groups is 1. The van der Waals surface area contributed by atoms with E-state index in [1.54, 1.807) is 24.3 Å². The molecule has 2 aromatic rings. The largest absolute Gasteiger partial charge is 0.416 e. The lowest BCUT2D eigenvalue weighted by molar-refractivity contribution is -0.392. The fraction of sp³-hybridized carbons (Fsp3) is 0.133. The molecular weight excluding hydrogens is 403 g/mol. The highest BCUT2D eigenvalue weighted by Crippen LogP contribution is 2.40. The highest BCUT2D eigenvalue weighted by molar-refractivity contribution is 7.80. The monoisotopic (exact) mass is 415 g/mol. The molecule has 0 aliphatic rings. The van der Waals surface area contributed by atoms with Gasteiger partial charge in [-0.15, -0.1) is 0 Å². The second kappa shape index (κ2) is 8.04. The predicted octanol–water partition coefficient (Wildman–Crippen LogP) is 4.14. The number of alkyl halides is 3. The van der Waals surface area contributed by atoms with E-state index in [0.29, 0.717) is 5.69 Å². The standard InChI is InChI=1S/C15H12F3N5O4S/c1-8-2-4-10(5-3-8)19-14(28)21-20-13-11(22(24)25)6-9(15(16,17)18)7-12(13)23(26)27/h2-7,20H,1H3,(H2,19,21,28). The third-order valence-electron chi connectivity index (χ3n) is 3.43. The van der Waals surface area contributed by atoms with Crippen molar-refractivity contribution in [2.75, 3.05) is 10.7 Å². The lowest BCUT2D eigenvalue weighted by atomic mass is 10.1. The number of nitro groups is 2. The first-order valence-electron chi connectivity index (χ1n) is 7.42. The maximum absolute atomic E-state index is 12.9. The van der Waals surface area contributed by atoms with Crippen LogP contribution in [0.5, 0.6) is 0 Å². The van der Waals surface area contributed by atoms with Crippen molar-refractivity contribution >= 4 is 40.1 Å². The van der Waals surface area contributed by atoms with Crippen molar-refractivity contribution in [1.82, 2.24) is 5.43 Å². The molecule has 2 rings (SSSR count). The number of aryl methyl sites for hydroxylation is 1. The number of rotatable bonds is 5. The average molecular weight is 415 g/mol. The van der Waals surface area contributed by atoms with Gasteiger partial charge in [0.05, 0.1) is 15.4 Å². The summed E-state index contributed by atoms with van der Waals surface area (Å²) in [7, 11) is 0. The lowest BCUT2D eigenvalue weighted by Crippen LogP contribution is -2.34. The van der Waals surface area contributed by atoms with E-state index in [9.17, 15) is 33.4 Å². The van der Waals surface area contributed by atoms with Crippen LogP contribution in [0.15, 0.2) is 36.4 Å². The molecule has 148 valence electrons. The maximum atomic E-state index is 12.9. The van der Waals surface area contributed by atoms with E-state index in [0.717, 1.165) is 5.56 Å². The molecule has 3 N–H and O–H groups in total. The van der Waals surface area contributed by atoms with Crippen molar-refractivity contribution in [3.05, 3.63) is 67.8 Å². The van der Waals surface area contributed by atoms with Gasteiger partial charge in [-0.2, -0.15) is 13.2 Å². The summed E-state index contributed by atoms with van der Waals surface area (Å²) < 4.78 is 38.6. The van der Waals surface area contributed by atoms with Gasteiger partial charge in [0.15, 0.2) is 5.11 Å². The third-order valence-corrected chi connectivity index (χ3v) is 3.63. The Labute approximate surface area is 160 Å². The number of hydrogen-bond donors (Lipinski definition) is 3. The molecule has 0 heterocycles. The smallest absolute Gasteiger partial charge is 0.331 e. The highest BCUT2D eigenvalue weighted by Gasteiger charge is 2.37. The Morgan fingerprint density at radius 2 is 1.54 bits per heavy atom. The first-order chi connectivity index (χ1) is 13.0. The number of nitro benzene ring substituents is 2. The van der Waals surface area contributed by atoms with Crippen LogP contribution < -0.4 is 16.2 Å². The first kappa shape index (κ1) is 20.8. The van der Waals surface area contributed by atoms with Crippen molar-refractivity contribution in [2.24, 2.45) is 0 Å². The molecule has 2 aromatic carbocycles. The van der Waals surface area contributed by atoms with Crippen LogP contribution >= 0.6 is 12.2 Å². The van der Waals surface area contributed by atoms with Gasteiger partial charge >= 0.3 is 17.6 Å². The minimum atomic E-state index is -5.00. The SMILES string of the molecule is Cc1ccc(NC(=S)NNc2c([N+](=O)[O-])cc(C(F)(F)F)cc2[N+](=O)[O-])cc1. The zero-order chi connectivity index (χ0) is 21.1. The summed E-state index contributed by atoms with van der Waals surface area (Å²) in [4.78, 5) is 20.0. The van der Waals surface area contributed by atoms with Crippen molar-refractivity contribution in [1.29, 1.82) is 0 Å². The number of hydrogen-bond acceptors (Lipinski definition) is 6. The fourth-order valence-corrected chi connectivity index (χ4v) is 2.28. The Morgan fingerprint density at radius 1 is 1.04 bits per heavy atom. The molecule has 9 nitrogen and oxygen atoms in total. The Kier molecular flexibility index (Phi) is 5.98. The summed E-state index contributed by atoms with van der Waals surface area (Å²) in [6, 6.07) is 7.34. The number of benzene rings is 2. The van der Waals surface area contributed by atoms with Crippen LogP contribution in [0, 0.1) is 27.2 Å². The lowest BCUT2D eigenvalue weighted by Gasteiger charge is -2.14. The summed E-state index contributed by atoms with van der Waals surface area (Å²) >= 11 is 4.97. The van der Waals surface area contributed by atoms with Crippen LogP contribution in [0.2, 0.25) is 0 Å². The molecule has 0 amide bonds. The molecule has 13 heteroatoms. The summed E-state index contributed by atoms with van der Waals surface area (Å²) in [6.07, 6.45) is -5.00. The topological polar surface area (TPSA) is 122 Å². The minimum Gasteiger partial charge on any atom is -0.331 e. The molecule has 0 saturated carbocycles. The molecule has 0 fully saturated rings. The van der Waals surface area contributed by atoms with Gasteiger partial charge in [-0.1, -0.05) is 17.7 Å². The number of nitrogens with one attached hydrogen (secondary N) is 3. The average Bonchev–Trinajstić information content (AvgIpc) is 2.60. The summed E-state index contributed by atoms with van der Waals surface area (Å²) in [5.74, 6) is 0. The summed E-state index contributed by atoms with van der Waals surface area (Å²) in [5, 5.41) is 24.9. The number of halogens is 3. The Hall–Kier alpha value is -3.48. The van der Waals surface area contributed by atoms with E-state index < -0.39 is 38.6 Å². The number of thiocarbonyl (C=S) groups is 1. The second-order valence-electron chi connectivity index (χ2n) is 5.47. The number of anilines is 2. The fourth-order valence-electron chi connectivity index (χ4n) is 2.11. The van der Waals surface area contributed by atoms with E-state index in [-0.39, 0.29) is 17.2 Å². The zero-order valence-electron chi connectivity index (χ0n) is 14.0. The van der Waals surface area contributed by atoms with Crippen molar-refractivity contribution < 1.29 is 23.0 Å². The Balaban J connectivity index is 2.30. The minimum absolute atomic E-state index is 0.118. The van der Waals surface area contributed by atoms with E-state index in [4.69, 9.17) is 12.2 Å². The molecule has 0 spiro atoms. The Bertz CT molecular complexity index is 899. The van der Waals surface area contributed by atoms with Crippen LogP contribution in [0.25, 0.3) is 0 Å². The molecule has 0 aliphatic carbocycles. The van der Waals surface area contributed by atoms with Crippen molar-refractivity contribution in [3.8, 4) is 0 Å². The van der Waals surface area contributed by atoms with E-state index in [2.05, 4.69) is 16.2 Å². The van der Waals surface area contributed by atoms with Crippen LogP contribution in [0.1, 0.15) is 11.1 Å². The molecule has 0 aromatic heterocycles. The highest BCUT2D eigenvalue weighted by atomic mass is 32.1. The van der Waals surface area contributed by atoms with Crippen molar-refractivity contribution in [2.45, 2.75) is 13.1 Å². The molecular formula is C15H12F3N5O4S. The van der Waals surface area contributed by atoms with Crippen LogP contribution in [-0.2, 0) is 6.18 Å². The first-order valence-corrected chi connectivity index (χ1v) is 7.83. The van der Waals surface area contributed by atoms with E-state index >= 15 is 0 Å². The summed E-state index contributed by atoms with van der Waals surface area (Å²) in [5.41, 5.74) is 1.43.